The quantitative estimate of drug-likeness (QED) is 0.805. The minimum absolute atomic E-state index is 0.0645. The van der Waals surface area contributed by atoms with E-state index in [9.17, 15) is 8.42 Å². The lowest BCUT2D eigenvalue weighted by molar-refractivity contribution is 0.332. The zero-order valence-electron chi connectivity index (χ0n) is 10.9. The van der Waals surface area contributed by atoms with Crippen molar-refractivity contribution in [1.82, 2.24) is 14.8 Å². The van der Waals surface area contributed by atoms with Crippen molar-refractivity contribution in [3.05, 3.63) is 5.82 Å². The van der Waals surface area contributed by atoms with Crippen molar-refractivity contribution < 1.29 is 8.42 Å². The number of nitrogens with zero attached hydrogens (tertiary/aromatic N) is 3. The second kappa shape index (κ2) is 4.74. The maximum absolute atomic E-state index is 11.6. The van der Waals surface area contributed by atoms with Crippen molar-refractivity contribution in [3.63, 3.8) is 0 Å². The largest absolute Gasteiger partial charge is 0.297 e. The van der Waals surface area contributed by atoms with Crippen LogP contribution in [-0.4, -0.2) is 23.2 Å². The molecule has 0 amide bonds. The van der Waals surface area contributed by atoms with E-state index in [1.165, 1.54) is 12.8 Å². The summed E-state index contributed by atoms with van der Waals surface area (Å²) in [5, 5.41) is 7.91. The topological polar surface area (TPSA) is 64.8 Å². The summed E-state index contributed by atoms with van der Waals surface area (Å²) in [6.45, 7) is 2.26. The lowest BCUT2D eigenvalue weighted by Crippen LogP contribution is -2.16. The Morgan fingerprint density at radius 3 is 2.26 bits per heavy atom. The van der Waals surface area contributed by atoms with Crippen molar-refractivity contribution in [1.29, 1.82) is 0 Å². The van der Waals surface area contributed by atoms with E-state index in [2.05, 4.69) is 17.1 Å². The van der Waals surface area contributed by atoms with Crippen molar-refractivity contribution in [2.45, 2.75) is 62.6 Å². The first-order valence-electron chi connectivity index (χ1n) is 6.86. The maximum atomic E-state index is 11.6. The summed E-state index contributed by atoms with van der Waals surface area (Å²) in [4.78, 5) is 0. The molecule has 0 N–H and O–H groups in total. The third kappa shape index (κ3) is 2.65. The van der Waals surface area contributed by atoms with Crippen LogP contribution in [0, 0.1) is 5.92 Å². The van der Waals surface area contributed by atoms with Gasteiger partial charge in [0, 0.05) is 22.6 Å². The molecule has 1 aromatic heterocycles. The Hall–Kier alpha value is -0.620. The molecule has 0 bridgehead atoms. The van der Waals surface area contributed by atoms with Crippen molar-refractivity contribution >= 4 is 19.7 Å². The van der Waals surface area contributed by atoms with Gasteiger partial charge in [0.25, 0.3) is 14.2 Å². The normalized spacial score (nSPS) is 28.5. The van der Waals surface area contributed by atoms with Crippen molar-refractivity contribution in [2.75, 3.05) is 0 Å². The van der Waals surface area contributed by atoms with E-state index >= 15 is 0 Å². The van der Waals surface area contributed by atoms with E-state index in [1.807, 2.05) is 0 Å². The highest BCUT2D eigenvalue weighted by atomic mass is 35.7. The van der Waals surface area contributed by atoms with Gasteiger partial charge in [-0.3, -0.25) is 4.57 Å². The van der Waals surface area contributed by atoms with Crippen LogP contribution in [0.15, 0.2) is 5.16 Å². The van der Waals surface area contributed by atoms with Crippen molar-refractivity contribution in [3.8, 4) is 0 Å². The third-order valence-electron chi connectivity index (χ3n) is 4.20. The molecule has 106 valence electrons. The Balaban J connectivity index is 1.96. The highest BCUT2D eigenvalue weighted by Crippen LogP contribution is 2.42. The summed E-state index contributed by atoms with van der Waals surface area (Å²) in [7, 11) is 1.65. The Labute approximate surface area is 117 Å². The van der Waals surface area contributed by atoms with Gasteiger partial charge in [-0.1, -0.05) is 19.8 Å². The van der Waals surface area contributed by atoms with Gasteiger partial charge in [0.1, 0.15) is 5.82 Å². The lowest BCUT2D eigenvalue weighted by Gasteiger charge is -2.25. The third-order valence-corrected chi connectivity index (χ3v) is 5.33. The molecule has 0 aromatic carbocycles. The fourth-order valence-electron chi connectivity index (χ4n) is 2.93. The molecule has 0 aliphatic heterocycles. The molecule has 0 unspecified atom stereocenters. The zero-order valence-corrected chi connectivity index (χ0v) is 12.5. The molecule has 2 fully saturated rings. The summed E-state index contributed by atoms with van der Waals surface area (Å²) in [6, 6.07) is 0.230. The second-order valence-corrected chi connectivity index (χ2v) is 8.30. The summed E-state index contributed by atoms with van der Waals surface area (Å²) in [5.41, 5.74) is 0. The predicted molar refractivity (Wildman–Crippen MR) is 71.7 cm³/mol. The maximum Gasteiger partial charge on any atom is 0.296 e. The van der Waals surface area contributed by atoms with E-state index in [0.717, 1.165) is 37.4 Å². The second-order valence-electron chi connectivity index (χ2n) is 5.84. The van der Waals surface area contributed by atoms with E-state index < -0.39 is 9.05 Å². The van der Waals surface area contributed by atoms with Gasteiger partial charge in [0.2, 0.25) is 0 Å². The van der Waals surface area contributed by atoms with Crippen LogP contribution in [0.5, 0.6) is 0 Å². The summed E-state index contributed by atoms with van der Waals surface area (Å²) >= 11 is 0. The number of rotatable bonds is 3. The predicted octanol–water partition coefficient (Wildman–Crippen LogP) is 2.83. The Morgan fingerprint density at radius 2 is 1.74 bits per heavy atom. The van der Waals surface area contributed by atoms with E-state index in [0.29, 0.717) is 5.92 Å². The average Bonchev–Trinajstić information content (AvgIpc) is 3.07. The Morgan fingerprint density at radius 1 is 1.11 bits per heavy atom. The minimum Gasteiger partial charge on any atom is -0.297 e. The molecular formula is C12H18ClN3O2S. The smallest absolute Gasteiger partial charge is 0.296 e. The molecule has 0 atom stereocenters. The standard InChI is InChI=1S/C12H18ClN3O2S/c1-8-2-4-9(5-3-8)11-14-15-12(19(13,17)18)16(11)10-6-7-10/h8-10H,2-7H2,1H3. The van der Waals surface area contributed by atoms with Gasteiger partial charge in [-0.25, -0.2) is 8.42 Å². The van der Waals surface area contributed by atoms with Crippen LogP contribution in [0.1, 0.15) is 63.2 Å². The Bertz CT molecular complexity index is 572. The van der Waals surface area contributed by atoms with Crippen LogP contribution in [0.3, 0.4) is 0 Å². The first-order chi connectivity index (χ1) is 8.97. The molecule has 0 spiro atoms. The van der Waals surface area contributed by atoms with E-state index in [1.54, 1.807) is 4.57 Å². The fraction of sp³-hybridized carbons (Fsp3) is 0.833. The molecule has 1 heterocycles. The molecule has 2 aliphatic carbocycles. The minimum atomic E-state index is -3.81. The number of halogens is 1. The molecule has 2 aliphatic rings. The molecule has 19 heavy (non-hydrogen) atoms. The molecule has 0 radical (unpaired) electrons. The molecule has 7 heteroatoms. The van der Waals surface area contributed by atoms with Crippen LogP contribution in [-0.2, 0) is 9.05 Å². The number of hydrogen-bond acceptors (Lipinski definition) is 4. The van der Waals surface area contributed by atoms with E-state index in [-0.39, 0.29) is 11.2 Å². The van der Waals surface area contributed by atoms with Crippen LogP contribution in [0.25, 0.3) is 0 Å². The highest BCUT2D eigenvalue weighted by Gasteiger charge is 2.36. The summed E-state index contributed by atoms with van der Waals surface area (Å²) in [5.74, 6) is 1.91. The van der Waals surface area contributed by atoms with Crippen LogP contribution in [0.4, 0.5) is 0 Å². The average molecular weight is 304 g/mol. The summed E-state index contributed by atoms with van der Waals surface area (Å²) in [6.07, 6.45) is 6.46. The monoisotopic (exact) mass is 303 g/mol. The fourth-order valence-corrected chi connectivity index (χ4v) is 3.86. The molecule has 0 saturated heterocycles. The van der Waals surface area contributed by atoms with Gasteiger partial charge in [-0.15, -0.1) is 10.2 Å². The number of hydrogen-bond donors (Lipinski definition) is 0. The van der Waals surface area contributed by atoms with Gasteiger partial charge >= 0.3 is 0 Å². The van der Waals surface area contributed by atoms with Gasteiger partial charge in [0.05, 0.1) is 0 Å². The first kappa shape index (κ1) is 13.4. The lowest BCUT2D eigenvalue weighted by atomic mass is 9.82. The summed E-state index contributed by atoms with van der Waals surface area (Å²) < 4.78 is 24.9. The van der Waals surface area contributed by atoms with Crippen LogP contribution < -0.4 is 0 Å². The SMILES string of the molecule is CC1CCC(c2nnc(S(=O)(=O)Cl)n2C2CC2)CC1. The number of aromatic nitrogens is 3. The van der Waals surface area contributed by atoms with Crippen LogP contribution >= 0.6 is 10.7 Å². The van der Waals surface area contributed by atoms with Crippen LogP contribution in [0.2, 0.25) is 0 Å². The van der Waals surface area contributed by atoms with Gasteiger partial charge < -0.3 is 0 Å². The van der Waals surface area contributed by atoms with Gasteiger partial charge in [-0.05, 0) is 31.6 Å². The zero-order chi connectivity index (χ0) is 13.6. The molecule has 2 saturated carbocycles. The molecule has 5 nitrogen and oxygen atoms in total. The van der Waals surface area contributed by atoms with Gasteiger partial charge in [0.15, 0.2) is 0 Å². The molecule has 3 rings (SSSR count). The van der Waals surface area contributed by atoms with Gasteiger partial charge in [-0.2, -0.15) is 0 Å². The first-order valence-corrected chi connectivity index (χ1v) is 9.17. The van der Waals surface area contributed by atoms with Crippen molar-refractivity contribution in [2.24, 2.45) is 5.92 Å². The highest BCUT2D eigenvalue weighted by molar-refractivity contribution is 8.13. The molecular weight excluding hydrogens is 286 g/mol. The Kier molecular flexibility index (Phi) is 3.33. The molecule has 1 aromatic rings. The van der Waals surface area contributed by atoms with E-state index in [4.69, 9.17) is 10.7 Å².